The molecule has 23 heavy (non-hydrogen) atoms. The summed E-state index contributed by atoms with van der Waals surface area (Å²) in [6.07, 6.45) is 1.04. The molecular weight excluding hydrogens is 314 g/mol. The van der Waals surface area contributed by atoms with Crippen LogP contribution in [-0.2, 0) is 4.79 Å². The summed E-state index contributed by atoms with van der Waals surface area (Å²) in [7, 11) is 0. The third-order valence-electron chi connectivity index (χ3n) is 3.62. The van der Waals surface area contributed by atoms with Gasteiger partial charge in [0.2, 0.25) is 5.91 Å². The highest BCUT2D eigenvalue weighted by Crippen LogP contribution is 2.09. The van der Waals surface area contributed by atoms with Gasteiger partial charge in [-0.25, -0.2) is 0 Å². The van der Waals surface area contributed by atoms with Gasteiger partial charge in [-0.3, -0.25) is 9.59 Å². The maximum Gasteiger partial charge on any atom is 0.251 e. The minimum absolute atomic E-state index is 0.0258. The molecule has 0 bridgehead atoms. The Morgan fingerprint density at radius 1 is 1.04 bits per heavy atom. The van der Waals surface area contributed by atoms with Crippen LogP contribution in [0.4, 0.5) is 0 Å². The Bertz CT molecular complexity index is 487. The lowest BCUT2D eigenvalue weighted by molar-refractivity contribution is -0.121. The van der Waals surface area contributed by atoms with E-state index in [0.29, 0.717) is 36.5 Å². The standard InChI is InChI=1S/C17H26ClN3O2/c1-3-21(4-2)13-12-19-16(22)6-5-11-20-17(23)14-7-9-15(18)10-8-14/h7-10H,3-6,11-13H2,1-2H3,(H,19,22)(H,20,23). The largest absolute Gasteiger partial charge is 0.355 e. The molecule has 5 nitrogen and oxygen atoms in total. The van der Waals surface area contributed by atoms with E-state index in [1.165, 1.54) is 0 Å². The van der Waals surface area contributed by atoms with Crippen molar-refractivity contribution in [2.24, 2.45) is 0 Å². The van der Waals surface area contributed by atoms with E-state index in [-0.39, 0.29) is 11.8 Å². The molecule has 0 saturated carbocycles. The fourth-order valence-electron chi connectivity index (χ4n) is 2.14. The molecule has 0 atom stereocenters. The summed E-state index contributed by atoms with van der Waals surface area (Å²) >= 11 is 5.78. The Morgan fingerprint density at radius 3 is 2.30 bits per heavy atom. The second kappa shape index (κ2) is 11.0. The van der Waals surface area contributed by atoms with Crippen LogP contribution in [0.15, 0.2) is 24.3 Å². The first-order valence-corrected chi connectivity index (χ1v) is 8.47. The highest BCUT2D eigenvalue weighted by Gasteiger charge is 2.06. The lowest BCUT2D eigenvalue weighted by Crippen LogP contribution is -2.35. The molecule has 0 heterocycles. The van der Waals surface area contributed by atoms with Crippen LogP contribution in [0.5, 0.6) is 0 Å². The summed E-state index contributed by atoms with van der Waals surface area (Å²) < 4.78 is 0. The highest BCUT2D eigenvalue weighted by molar-refractivity contribution is 6.30. The van der Waals surface area contributed by atoms with E-state index in [1.54, 1.807) is 24.3 Å². The summed E-state index contributed by atoms with van der Waals surface area (Å²) in [5.74, 6) is -0.124. The van der Waals surface area contributed by atoms with E-state index in [2.05, 4.69) is 29.4 Å². The highest BCUT2D eigenvalue weighted by atomic mass is 35.5. The van der Waals surface area contributed by atoms with Crippen molar-refractivity contribution in [1.29, 1.82) is 0 Å². The molecule has 0 radical (unpaired) electrons. The number of nitrogens with one attached hydrogen (secondary N) is 2. The molecule has 2 N–H and O–H groups in total. The topological polar surface area (TPSA) is 61.4 Å². The van der Waals surface area contributed by atoms with Gasteiger partial charge < -0.3 is 15.5 Å². The Balaban J connectivity index is 2.13. The van der Waals surface area contributed by atoms with Crippen LogP contribution < -0.4 is 10.6 Å². The third kappa shape index (κ3) is 8.00. The summed E-state index contributed by atoms with van der Waals surface area (Å²) in [4.78, 5) is 25.8. The molecular formula is C17H26ClN3O2. The number of halogens is 1. The van der Waals surface area contributed by atoms with Crippen LogP contribution in [0, 0.1) is 0 Å². The Kier molecular flexibility index (Phi) is 9.33. The first kappa shape index (κ1) is 19.5. The molecule has 1 rings (SSSR count). The van der Waals surface area contributed by atoms with Gasteiger partial charge >= 0.3 is 0 Å². The Morgan fingerprint density at radius 2 is 1.70 bits per heavy atom. The zero-order valence-corrected chi connectivity index (χ0v) is 14.7. The van der Waals surface area contributed by atoms with Crippen LogP contribution >= 0.6 is 11.6 Å². The lowest BCUT2D eigenvalue weighted by atomic mass is 10.2. The van der Waals surface area contributed by atoms with Crippen molar-refractivity contribution >= 4 is 23.4 Å². The number of nitrogens with zero attached hydrogens (tertiary/aromatic N) is 1. The molecule has 0 aliphatic carbocycles. The molecule has 0 unspecified atom stereocenters. The number of hydrogen-bond acceptors (Lipinski definition) is 3. The van der Waals surface area contributed by atoms with E-state index in [0.717, 1.165) is 19.6 Å². The number of rotatable bonds is 10. The molecule has 0 aromatic heterocycles. The maximum absolute atomic E-state index is 11.9. The fraction of sp³-hybridized carbons (Fsp3) is 0.529. The molecule has 0 aliphatic heterocycles. The predicted molar refractivity (Wildman–Crippen MR) is 93.8 cm³/mol. The van der Waals surface area contributed by atoms with Crippen molar-refractivity contribution in [3.05, 3.63) is 34.9 Å². The van der Waals surface area contributed by atoms with Gasteiger partial charge in [-0.1, -0.05) is 25.4 Å². The molecule has 6 heteroatoms. The number of likely N-dealkylation sites (N-methyl/N-ethyl adjacent to an activating group) is 1. The predicted octanol–water partition coefficient (Wildman–Crippen LogP) is 2.31. The molecule has 1 aromatic carbocycles. The summed E-state index contributed by atoms with van der Waals surface area (Å²) in [6, 6.07) is 6.72. The van der Waals surface area contributed by atoms with Gasteiger partial charge in [0.25, 0.3) is 5.91 Å². The molecule has 0 aliphatic rings. The van der Waals surface area contributed by atoms with Gasteiger partial charge in [0.1, 0.15) is 0 Å². The van der Waals surface area contributed by atoms with Gasteiger partial charge in [-0.05, 0) is 43.8 Å². The van der Waals surface area contributed by atoms with Crippen LogP contribution in [-0.4, -0.2) is 49.4 Å². The Labute approximate surface area is 143 Å². The monoisotopic (exact) mass is 339 g/mol. The van der Waals surface area contributed by atoms with Crippen LogP contribution in [0.3, 0.4) is 0 Å². The fourth-order valence-corrected chi connectivity index (χ4v) is 2.26. The average molecular weight is 340 g/mol. The summed E-state index contributed by atoms with van der Waals surface area (Å²) in [5.41, 5.74) is 0.568. The molecule has 128 valence electrons. The van der Waals surface area contributed by atoms with Gasteiger partial charge in [0.05, 0.1) is 0 Å². The smallest absolute Gasteiger partial charge is 0.251 e. The number of benzene rings is 1. The van der Waals surface area contributed by atoms with Crippen LogP contribution in [0.1, 0.15) is 37.0 Å². The van der Waals surface area contributed by atoms with Gasteiger partial charge in [-0.15, -0.1) is 0 Å². The second-order valence-electron chi connectivity index (χ2n) is 5.24. The van der Waals surface area contributed by atoms with Gasteiger partial charge in [0.15, 0.2) is 0 Å². The van der Waals surface area contributed by atoms with Crippen molar-refractivity contribution in [2.75, 3.05) is 32.7 Å². The molecule has 1 aromatic rings. The van der Waals surface area contributed by atoms with E-state index in [1.807, 2.05) is 0 Å². The third-order valence-corrected chi connectivity index (χ3v) is 3.87. The molecule has 0 saturated heterocycles. The normalized spacial score (nSPS) is 10.6. The average Bonchev–Trinajstić information content (AvgIpc) is 2.56. The quantitative estimate of drug-likeness (QED) is 0.643. The molecule has 2 amide bonds. The van der Waals surface area contributed by atoms with Crippen molar-refractivity contribution in [2.45, 2.75) is 26.7 Å². The first-order chi connectivity index (χ1) is 11.1. The van der Waals surface area contributed by atoms with E-state index < -0.39 is 0 Å². The SMILES string of the molecule is CCN(CC)CCNC(=O)CCCNC(=O)c1ccc(Cl)cc1. The zero-order valence-electron chi connectivity index (χ0n) is 13.9. The number of hydrogen-bond donors (Lipinski definition) is 2. The van der Waals surface area contributed by atoms with Crippen molar-refractivity contribution < 1.29 is 9.59 Å². The number of amides is 2. The number of carbonyl (C=O) groups is 2. The van der Waals surface area contributed by atoms with Crippen molar-refractivity contribution in [1.82, 2.24) is 15.5 Å². The second-order valence-corrected chi connectivity index (χ2v) is 5.68. The summed E-state index contributed by atoms with van der Waals surface area (Å²) in [5, 5.41) is 6.30. The van der Waals surface area contributed by atoms with E-state index >= 15 is 0 Å². The lowest BCUT2D eigenvalue weighted by Gasteiger charge is -2.17. The van der Waals surface area contributed by atoms with Gasteiger partial charge in [-0.2, -0.15) is 0 Å². The van der Waals surface area contributed by atoms with Crippen molar-refractivity contribution in [3.8, 4) is 0 Å². The minimum Gasteiger partial charge on any atom is -0.355 e. The number of carbonyl (C=O) groups excluding carboxylic acids is 2. The van der Waals surface area contributed by atoms with E-state index in [9.17, 15) is 9.59 Å². The minimum atomic E-state index is -0.149. The Hall–Kier alpha value is -1.59. The first-order valence-electron chi connectivity index (χ1n) is 8.09. The molecule has 0 spiro atoms. The maximum atomic E-state index is 11.9. The van der Waals surface area contributed by atoms with Crippen molar-refractivity contribution in [3.63, 3.8) is 0 Å². The molecule has 0 fully saturated rings. The zero-order chi connectivity index (χ0) is 17.1. The summed E-state index contributed by atoms with van der Waals surface area (Å²) in [6.45, 7) is 8.20. The van der Waals surface area contributed by atoms with Crippen LogP contribution in [0.2, 0.25) is 5.02 Å². The van der Waals surface area contributed by atoms with Gasteiger partial charge in [0, 0.05) is 36.6 Å². The van der Waals surface area contributed by atoms with Crippen LogP contribution in [0.25, 0.3) is 0 Å². The van der Waals surface area contributed by atoms with E-state index in [4.69, 9.17) is 11.6 Å².